The Morgan fingerprint density at radius 2 is 0.779 bits per heavy atom. The number of hydrogen-bond donors (Lipinski definition) is 0. The largest absolute Gasteiger partial charge is 0.455 e. The minimum atomic E-state index is 0.801. The lowest BCUT2D eigenvalue weighted by Crippen LogP contribution is -1.97. The van der Waals surface area contributed by atoms with Crippen LogP contribution in [0.5, 0.6) is 0 Å². The first-order valence-electron chi connectivity index (χ1n) is 29.7. The second kappa shape index (κ2) is 19.1. The molecule has 14 aromatic carbocycles. The standard InChI is InChI=1S/C83H51NO2/c1-3-20-60-51(16-1)18-13-28-62(60)53-34-38-55(39-35-53)80-68-25-6-7-26-69(68)81(56-40-36-54(37-41-56)63-29-14-19-52-17-2-4-21-61(52)63)75-50-59(44-45-70(75)80)84-76-46-42-57(64-22-5-8-27-71-66-23-9-11-32-78(66)85-82(64)71)48-73(76)74-49-58(43-47-77(74)84)65-30-15-31-72-67-24-10-12-33-79(67)86-83(65)72/h1-4,6-50H,5H2. The van der Waals surface area contributed by atoms with Crippen molar-refractivity contribution in [2.24, 2.45) is 0 Å². The third-order valence-electron chi connectivity index (χ3n) is 18.2. The van der Waals surface area contributed by atoms with Crippen LogP contribution >= 0.6 is 0 Å². The average molecular weight is 1090 g/mol. The summed E-state index contributed by atoms with van der Waals surface area (Å²) in [6.07, 6.45) is 7.59. The smallest absolute Gasteiger partial charge is 0.143 e. The topological polar surface area (TPSA) is 31.2 Å². The van der Waals surface area contributed by atoms with Gasteiger partial charge in [0.1, 0.15) is 22.5 Å². The Hall–Kier alpha value is -11.3. The molecule has 0 atom stereocenters. The van der Waals surface area contributed by atoms with Gasteiger partial charge in [-0.1, -0.05) is 249 Å². The van der Waals surface area contributed by atoms with Gasteiger partial charge in [-0.05, 0) is 154 Å². The van der Waals surface area contributed by atoms with E-state index in [9.17, 15) is 0 Å². The molecule has 0 radical (unpaired) electrons. The molecule has 3 heteroatoms. The van der Waals surface area contributed by atoms with E-state index in [0.717, 1.165) is 106 Å². The first kappa shape index (κ1) is 48.3. The summed E-state index contributed by atoms with van der Waals surface area (Å²) >= 11 is 0. The molecule has 0 aliphatic heterocycles. The average Bonchev–Trinajstić information content (AvgIpc) is 1.39. The van der Waals surface area contributed by atoms with Gasteiger partial charge in [0.05, 0.1) is 11.0 Å². The fourth-order valence-corrected chi connectivity index (χ4v) is 14.3. The van der Waals surface area contributed by atoms with E-state index in [4.69, 9.17) is 8.83 Å². The van der Waals surface area contributed by atoms with Crippen molar-refractivity contribution in [2.75, 3.05) is 0 Å². The number of furan rings is 2. The lowest BCUT2D eigenvalue weighted by Gasteiger charge is -2.20. The van der Waals surface area contributed by atoms with E-state index in [-0.39, 0.29) is 0 Å². The number of rotatable bonds is 7. The van der Waals surface area contributed by atoms with Gasteiger partial charge in [0.2, 0.25) is 0 Å². The number of para-hydroxylation sites is 3. The van der Waals surface area contributed by atoms with Crippen LogP contribution in [0.1, 0.15) is 23.3 Å². The maximum absolute atomic E-state index is 6.77. The molecule has 0 amide bonds. The molecule has 0 unspecified atom stereocenters. The monoisotopic (exact) mass is 1090 g/mol. The summed E-state index contributed by atoms with van der Waals surface area (Å²) in [5, 5.41) is 15.4. The summed E-state index contributed by atoms with van der Waals surface area (Å²) in [5.74, 6) is 0.902. The zero-order valence-corrected chi connectivity index (χ0v) is 46.8. The second-order valence-electron chi connectivity index (χ2n) is 22.9. The van der Waals surface area contributed by atoms with Gasteiger partial charge >= 0.3 is 0 Å². The Labute approximate surface area is 495 Å². The first-order chi connectivity index (χ1) is 42.6. The van der Waals surface area contributed by atoms with Crippen LogP contribution in [0.4, 0.5) is 0 Å². The molecular formula is C83H51NO2. The Bertz CT molecular complexity index is 5710. The summed E-state index contributed by atoms with van der Waals surface area (Å²) in [6, 6.07) is 103. The second-order valence-corrected chi connectivity index (χ2v) is 22.9. The molecule has 0 spiro atoms. The highest BCUT2D eigenvalue weighted by molar-refractivity contribution is 6.23. The number of nitrogens with zero attached hydrogens (tertiary/aromatic N) is 1. The van der Waals surface area contributed by atoms with E-state index < -0.39 is 0 Å². The van der Waals surface area contributed by atoms with Crippen LogP contribution in [-0.2, 0) is 0 Å². The third-order valence-corrected chi connectivity index (χ3v) is 18.2. The van der Waals surface area contributed by atoms with Crippen LogP contribution in [0.2, 0.25) is 0 Å². The molecule has 86 heavy (non-hydrogen) atoms. The van der Waals surface area contributed by atoms with Gasteiger partial charge < -0.3 is 13.4 Å². The van der Waals surface area contributed by atoms with Crippen molar-refractivity contribution < 1.29 is 8.83 Å². The molecule has 0 N–H and O–H groups in total. The van der Waals surface area contributed by atoms with Crippen molar-refractivity contribution >= 4 is 109 Å². The van der Waals surface area contributed by atoms with Crippen LogP contribution in [0, 0.1) is 0 Å². The summed E-state index contributed by atoms with van der Waals surface area (Å²) in [5.41, 5.74) is 21.1. The molecule has 17 aromatic rings. The zero-order valence-electron chi connectivity index (χ0n) is 46.8. The molecule has 1 aliphatic carbocycles. The molecule has 1 aliphatic rings. The Balaban J connectivity index is 0.874. The number of allylic oxidation sites excluding steroid dienone is 2. The minimum absolute atomic E-state index is 0.801. The summed E-state index contributed by atoms with van der Waals surface area (Å²) in [4.78, 5) is 0. The molecular weight excluding hydrogens is 1040 g/mol. The van der Waals surface area contributed by atoms with E-state index in [0.29, 0.717) is 0 Å². The molecule has 0 fully saturated rings. The van der Waals surface area contributed by atoms with E-state index in [2.05, 4.69) is 296 Å². The number of benzene rings is 14. The molecule has 3 heterocycles. The van der Waals surface area contributed by atoms with E-state index in [1.54, 1.807) is 0 Å². The fraction of sp³-hybridized carbons (Fsp3) is 0.0120. The van der Waals surface area contributed by atoms with Crippen LogP contribution in [0.25, 0.3) is 171 Å². The fourth-order valence-electron chi connectivity index (χ4n) is 14.3. The zero-order chi connectivity index (χ0) is 56.4. The predicted octanol–water partition coefficient (Wildman–Crippen LogP) is 23.2. The number of fused-ring (bicyclic) bond motifs is 13. The van der Waals surface area contributed by atoms with Gasteiger partial charge in [-0.2, -0.15) is 0 Å². The summed E-state index contributed by atoms with van der Waals surface area (Å²) in [6.45, 7) is 0. The van der Waals surface area contributed by atoms with Crippen molar-refractivity contribution in [3.63, 3.8) is 0 Å². The van der Waals surface area contributed by atoms with Gasteiger partial charge in [-0.25, -0.2) is 0 Å². The lowest BCUT2D eigenvalue weighted by atomic mass is 9.85. The minimum Gasteiger partial charge on any atom is -0.455 e. The van der Waals surface area contributed by atoms with Crippen LogP contribution in [0.3, 0.4) is 0 Å². The van der Waals surface area contributed by atoms with Gasteiger partial charge in [0, 0.05) is 49.3 Å². The predicted molar refractivity (Wildman–Crippen MR) is 362 cm³/mol. The van der Waals surface area contributed by atoms with E-state index >= 15 is 0 Å². The highest BCUT2D eigenvalue weighted by atomic mass is 16.3. The van der Waals surface area contributed by atoms with Crippen molar-refractivity contribution in [1.82, 2.24) is 4.57 Å². The molecule has 3 nitrogen and oxygen atoms in total. The Morgan fingerprint density at radius 1 is 0.302 bits per heavy atom. The van der Waals surface area contributed by atoms with Crippen LogP contribution in [0.15, 0.2) is 300 Å². The number of aromatic nitrogens is 1. The molecule has 400 valence electrons. The summed E-state index contributed by atoms with van der Waals surface area (Å²) in [7, 11) is 0. The van der Waals surface area contributed by atoms with Gasteiger partial charge in [-0.15, -0.1) is 0 Å². The van der Waals surface area contributed by atoms with Gasteiger partial charge in [-0.3, -0.25) is 0 Å². The third kappa shape index (κ3) is 7.48. The number of hydrogen-bond acceptors (Lipinski definition) is 2. The lowest BCUT2D eigenvalue weighted by molar-refractivity contribution is 0.599. The van der Waals surface area contributed by atoms with Crippen molar-refractivity contribution in [2.45, 2.75) is 6.42 Å². The molecule has 0 saturated carbocycles. The van der Waals surface area contributed by atoms with Gasteiger partial charge in [0.25, 0.3) is 0 Å². The molecule has 3 aromatic heterocycles. The van der Waals surface area contributed by atoms with Crippen molar-refractivity contribution in [3.8, 4) is 61.3 Å². The van der Waals surface area contributed by atoms with Crippen molar-refractivity contribution in [1.29, 1.82) is 0 Å². The van der Waals surface area contributed by atoms with E-state index in [1.807, 2.05) is 6.07 Å². The van der Waals surface area contributed by atoms with Crippen LogP contribution < -0.4 is 0 Å². The first-order valence-corrected chi connectivity index (χ1v) is 29.7. The highest BCUT2D eigenvalue weighted by Crippen LogP contribution is 2.48. The highest BCUT2D eigenvalue weighted by Gasteiger charge is 2.24. The molecule has 0 bridgehead atoms. The molecule has 0 saturated heterocycles. The maximum Gasteiger partial charge on any atom is 0.143 e. The molecule has 18 rings (SSSR count). The SMILES string of the molecule is C1=Cc2c(oc3ccccc23)C(c2ccc3c(c2)c2cc(-c4cccc5c4oc4ccccc45)ccc2n3-c2ccc3c(-c4ccc(-c5cccc6ccccc56)cc4)c4ccccc4c(-c4ccc(-c5cccc6ccccc56)cc4)c3c2)=CC1. The van der Waals surface area contributed by atoms with Crippen molar-refractivity contribution in [3.05, 3.63) is 308 Å². The van der Waals surface area contributed by atoms with Gasteiger partial charge in [0.15, 0.2) is 0 Å². The normalized spacial score (nSPS) is 12.6. The summed E-state index contributed by atoms with van der Waals surface area (Å²) < 4.78 is 15.9. The Morgan fingerprint density at radius 3 is 1.44 bits per heavy atom. The Kier molecular flexibility index (Phi) is 10.8. The van der Waals surface area contributed by atoms with Crippen LogP contribution in [-0.4, -0.2) is 4.57 Å². The van der Waals surface area contributed by atoms with E-state index in [1.165, 1.54) is 82.0 Å². The quantitative estimate of drug-likeness (QED) is 0.149. The maximum atomic E-state index is 6.77.